The molecule has 1 aliphatic carbocycles. The summed E-state index contributed by atoms with van der Waals surface area (Å²) in [5.74, 6) is 1.83. The molecule has 1 saturated carbocycles. The summed E-state index contributed by atoms with van der Waals surface area (Å²) >= 11 is 0. The van der Waals surface area contributed by atoms with Crippen molar-refractivity contribution in [3.8, 4) is 0 Å². The quantitative estimate of drug-likeness (QED) is 0.764. The number of piperidine rings is 1. The molecule has 15 heavy (non-hydrogen) atoms. The molecule has 1 heterocycles. The van der Waals surface area contributed by atoms with Crippen molar-refractivity contribution in [3.63, 3.8) is 0 Å². The molecule has 0 bridgehead atoms. The highest BCUT2D eigenvalue weighted by atomic mass is 15.1. The van der Waals surface area contributed by atoms with E-state index >= 15 is 0 Å². The number of hydrogen-bond donors (Lipinski definition) is 1. The van der Waals surface area contributed by atoms with Gasteiger partial charge in [-0.15, -0.1) is 0 Å². The molecule has 2 nitrogen and oxygen atoms in total. The Bertz CT molecular complexity index is 205. The predicted octanol–water partition coefficient (Wildman–Crippen LogP) is 2.10. The monoisotopic (exact) mass is 210 g/mol. The van der Waals surface area contributed by atoms with Crippen LogP contribution in [-0.4, -0.2) is 37.1 Å². The molecule has 1 N–H and O–H groups in total. The van der Waals surface area contributed by atoms with Crippen LogP contribution in [0.15, 0.2) is 0 Å². The lowest BCUT2D eigenvalue weighted by molar-refractivity contribution is 0.173. The van der Waals surface area contributed by atoms with E-state index in [4.69, 9.17) is 0 Å². The minimum atomic E-state index is 0.785. The Labute approximate surface area is 94.4 Å². The van der Waals surface area contributed by atoms with Crippen LogP contribution >= 0.6 is 0 Å². The van der Waals surface area contributed by atoms with Gasteiger partial charge < -0.3 is 10.2 Å². The topological polar surface area (TPSA) is 15.3 Å². The minimum Gasteiger partial charge on any atom is -0.311 e. The normalized spacial score (nSPS) is 41.8. The summed E-state index contributed by atoms with van der Waals surface area (Å²) in [4.78, 5) is 2.46. The first-order valence-corrected chi connectivity index (χ1v) is 6.65. The second-order valence-corrected chi connectivity index (χ2v) is 5.69. The van der Waals surface area contributed by atoms with E-state index in [0.717, 1.165) is 23.9 Å². The molecule has 2 aliphatic rings. The number of rotatable bonds is 4. The summed E-state index contributed by atoms with van der Waals surface area (Å²) < 4.78 is 0. The van der Waals surface area contributed by atoms with E-state index in [1.807, 2.05) is 0 Å². The zero-order valence-corrected chi connectivity index (χ0v) is 10.5. The highest BCUT2D eigenvalue weighted by Gasteiger charge is 2.38. The van der Waals surface area contributed by atoms with Crippen molar-refractivity contribution in [2.24, 2.45) is 11.8 Å². The van der Waals surface area contributed by atoms with Crippen LogP contribution in [0.25, 0.3) is 0 Å². The van der Waals surface area contributed by atoms with E-state index in [9.17, 15) is 0 Å². The van der Waals surface area contributed by atoms with E-state index in [1.165, 1.54) is 38.8 Å². The SMILES string of the molecule is CCCC1CC1NC1CCN(C)CC1C. The first kappa shape index (κ1) is 11.4. The summed E-state index contributed by atoms with van der Waals surface area (Å²) in [5, 5.41) is 3.87. The first-order valence-electron chi connectivity index (χ1n) is 6.65. The highest BCUT2D eigenvalue weighted by molar-refractivity contribution is 4.96. The van der Waals surface area contributed by atoms with Gasteiger partial charge in [0.25, 0.3) is 0 Å². The average Bonchev–Trinajstić information content (AvgIpc) is 2.90. The maximum Gasteiger partial charge on any atom is 0.0120 e. The van der Waals surface area contributed by atoms with Gasteiger partial charge in [0, 0.05) is 18.6 Å². The Morgan fingerprint density at radius 3 is 2.80 bits per heavy atom. The Morgan fingerprint density at radius 1 is 1.33 bits per heavy atom. The fourth-order valence-corrected chi connectivity index (χ4v) is 3.02. The van der Waals surface area contributed by atoms with E-state index in [-0.39, 0.29) is 0 Å². The fraction of sp³-hybridized carbons (Fsp3) is 1.00. The van der Waals surface area contributed by atoms with Crippen LogP contribution in [0.5, 0.6) is 0 Å². The van der Waals surface area contributed by atoms with Gasteiger partial charge in [0.2, 0.25) is 0 Å². The second-order valence-electron chi connectivity index (χ2n) is 5.69. The molecule has 0 spiro atoms. The van der Waals surface area contributed by atoms with Gasteiger partial charge in [0.1, 0.15) is 0 Å². The molecule has 0 amide bonds. The number of hydrogen-bond acceptors (Lipinski definition) is 2. The van der Waals surface area contributed by atoms with Crippen LogP contribution in [0, 0.1) is 11.8 Å². The molecular formula is C13H26N2. The van der Waals surface area contributed by atoms with E-state index in [2.05, 4.69) is 31.1 Å². The molecule has 2 rings (SSSR count). The first-order chi connectivity index (χ1) is 7.20. The Balaban J connectivity index is 1.71. The van der Waals surface area contributed by atoms with Crippen molar-refractivity contribution in [2.75, 3.05) is 20.1 Å². The van der Waals surface area contributed by atoms with Gasteiger partial charge in [0.15, 0.2) is 0 Å². The third kappa shape index (κ3) is 2.94. The maximum atomic E-state index is 3.87. The Kier molecular flexibility index (Phi) is 3.68. The van der Waals surface area contributed by atoms with Crippen LogP contribution in [0.4, 0.5) is 0 Å². The van der Waals surface area contributed by atoms with Crippen molar-refractivity contribution >= 4 is 0 Å². The van der Waals surface area contributed by atoms with Crippen LogP contribution in [0.1, 0.15) is 39.5 Å². The van der Waals surface area contributed by atoms with Crippen LogP contribution in [0.3, 0.4) is 0 Å². The van der Waals surface area contributed by atoms with Gasteiger partial charge >= 0.3 is 0 Å². The average molecular weight is 210 g/mol. The molecule has 0 aromatic heterocycles. The largest absolute Gasteiger partial charge is 0.311 e. The Morgan fingerprint density at radius 2 is 2.13 bits per heavy atom. The smallest absolute Gasteiger partial charge is 0.0120 e. The molecule has 0 aromatic carbocycles. The van der Waals surface area contributed by atoms with Gasteiger partial charge in [-0.2, -0.15) is 0 Å². The molecule has 88 valence electrons. The highest BCUT2D eigenvalue weighted by Crippen LogP contribution is 2.36. The molecule has 0 radical (unpaired) electrons. The fourth-order valence-electron chi connectivity index (χ4n) is 3.02. The standard InChI is InChI=1S/C13H26N2/c1-4-5-11-8-13(11)14-12-6-7-15(3)9-10(12)2/h10-14H,4-9H2,1-3H3. The van der Waals surface area contributed by atoms with Gasteiger partial charge in [-0.25, -0.2) is 0 Å². The lowest BCUT2D eigenvalue weighted by Gasteiger charge is -2.35. The summed E-state index contributed by atoms with van der Waals surface area (Å²) in [6.07, 6.45) is 5.56. The zero-order chi connectivity index (χ0) is 10.8. The van der Waals surface area contributed by atoms with Gasteiger partial charge in [-0.3, -0.25) is 0 Å². The van der Waals surface area contributed by atoms with Crippen molar-refractivity contribution in [1.29, 1.82) is 0 Å². The molecule has 2 fully saturated rings. The second kappa shape index (κ2) is 4.84. The van der Waals surface area contributed by atoms with Crippen molar-refractivity contribution in [3.05, 3.63) is 0 Å². The van der Waals surface area contributed by atoms with E-state index < -0.39 is 0 Å². The summed E-state index contributed by atoms with van der Waals surface area (Å²) in [6.45, 7) is 7.23. The number of likely N-dealkylation sites (tertiary alicyclic amines) is 1. The van der Waals surface area contributed by atoms with Gasteiger partial charge in [-0.1, -0.05) is 20.3 Å². The Hall–Kier alpha value is -0.0800. The summed E-state index contributed by atoms with van der Waals surface area (Å²) in [7, 11) is 2.24. The minimum absolute atomic E-state index is 0.785. The third-order valence-electron chi connectivity index (χ3n) is 4.12. The van der Waals surface area contributed by atoms with Gasteiger partial charge in [0.05, 0.1) is 0 Å². The van der Waals surface area contributed by atoms with E-state index in [0.29, 0.717) is 0 Å². The van der Waals surface area contributed by atoms with Crippen molar-refractivity contribution in [2.45, 2.75) is 51.6 Å². The maximum absolute atomic E-state index is 3.87. The van der Waals surface area contributed by atoms with Crippen molar-refractivity contribution < 1.29 is 0 Å². The number of nitrogens with one attached hydrogen (secondary N) is 1. The number of nitrogens with zero attached hydrogens (tertiary/aromatic N) is 1. The van der Waals surface area contributed by atoms with Crippen molar-refractivity contribution in [1.82, 2.24) is 10.2 Å². The molecule has 1 aliphatic heterocycles. The molecule has 1 saturated heterocycles. The molecule has 4 unspecified atom stereocenters. The molecular weight excluding hydrogens is 184 g/mol. The van der Waals surface area contributed by atoms with Crippen LogP contribution in [-0.2, 0) is 0 Å². The zero-order valence-electron chi connectivity index (χ0n) is 10.5. The predicted molar refractivity (Wildman–Crippen MR) is 65.0 cm³/mol. The summed E-state index contributed by atoms with van der Waals surface area (Å²) in [5.41, 5.74) is 0. The molecule has 4 atom stereocenters. The van der Waals surface area contributed by atoms with E-state index in [1.54, 1.807) is 0 Å². The van der Waals surface area contributed by atoms with Crippen LogP contribution < -0.4 is 5.32 Å². The summed E-state index contributed by atoms with van der Waals surface area (Å²) in [6, 6.07) is 1.65. The molecule has 0 aromatic rings. The van der Waals surface area contributed by atoms with Gasteiger partial charge in [-0.05, 0) is 44.7 Å². The third-order valence-corrected chi connectivity index (χ3v) is 4.12. The lowest BCUT2D eigenvalue weighted by Crippen LogP contribution is -2.47. The molecule has 2 heteroatoms. The lowest BCUT2D eigenvalue weighted by atomic mass is 9.94. The van der Waals surface area contributed by atoms with Crippen LogP contribution in [0.2, 0.25) is 0 Å².